The summed E-state index contributed by atoms with van der Waals surface area (Å²) in [6.07, 6.45) is 6.20. The van der Waals surface area contributed by atoms with Gasteiger partial charge in [0.2, 0.25) is 0 Å². The molecule has 112 valence electrons. The van der Waals surface area contributed by atoms with Crippen LogP contribution >= 0.6 is 0 Å². The lowest BCUT2D eigenvalue weighted by Gasteiger charge is -2.32. The van der Waals surface area contributed by atoms with Crippen LogP contribution in [0.2, 0.25) is 0 Å². The van der Waals surface area contributed by atoms with Gasteiger partial charge in [0.1, 0.15) is 17.6 Å². The molecule has 1 aliphatic carbocycles. The molecule has 1 N–H and O–H groups in total. The van der Waals surface area contributed by atoms with E-state index in [1.807, 2.05) is 0 Å². The van der Waals surface area contributed by atoms with E-state index in [1.54, 1.807) is 24.1 Å². The van der Waals surface area contributed by atoms with Gasteiger partial charge in [-0.2, -0.15) is 0 Å². The van der Waals surface area contributed by atoms with Crippen molar-refractivity contribution in [3.05, 3.63) is 23.8 Å². The maximum absolute atomic E-state index is 12.7. The summed E-state index contributed by atoms with van der Waals surface area (Å²) in [7, 11) is 0. The molecule has 1 saturated carbocycles. The number of hydrogen-bond acceptors (Lipinski definition) is 4. The summed E-state index contributed by atoms with van der Waals surface area (Å²) in [4.78, 5) is 34.0. The third-order valence-corrected chi connectivity index (χ3v) is 4.60. The standard InChI is InChI=1S/C15H19N3O3/c1-9-16-7-6-11(17-9)14(19)18-12-5-3-2-4-10(12)8-13(18)15(20)21/h6-7,10,12-13H,2-5,8H2,1H3,(H,20,21)/t10-,12-,13+/m1/s1. The summed E-state index contributed by atoms with van der Waals surface area (Å²) < 4.78 is 0. The number of aromatic nitrogens is 2. The Kier molecular flexibility index (Phi) is 3.61. The molecule has 3 atom stereocenters. The first-order valence-electron chi connectivity index (χ1n) is 7.43. The minimum atomic E-state index is -0.913. The Bertz CT molecular complexity index is 575. The summed E-state index contributed by atoms with van der Waals surface area (Å²) in [6, 6.07) is 0.883. The zero-order valence-electron chi connectivity index (χ0n) is 12.0. The molecule has 0 unspecified atom stereocenters. The summed E-state index contributed by atoms with van der Waals surface area (Å²) in [5, 5.41) is 9.45. The molecule has 1 amide bonds. The fraction of sp³-hybridized carbons (Fsp3) is 0.600. The number of nitrogens with zero attached hydrogens (tertiary/aromatic N) is 3. The second-order valence-corrected chi connectivity index (χ2v) is 5.90. The molecule has 6 heteroatoms. The lowest BCUT2D eigenvalue weighted by atomic mass is 9.84. The molecule has 6 nitrogen and oxygen atoms in total. The highest BCUT2D eigenvalue weighted by Crippen LogP contribution is 2.40. The SMILES string of the molecule is Cc1nccc(C(=O)N2[C@@H]3CCCC[C@@H]3C[C@H]2C(=O)O)n1. The first-order chi connectivity index (χ1) is 10.1. The van der Waals surface area contributed by atoms with Gasteiger partial charge >= 0.3 is 5.97 Å². The molecule has 1 aromatic rings. The molecule has 1 aliphatic heterocycles. The topological polar surface area (TPSA) is 83.4 Å². The summed E-state index contributed by atoms with van der Waals surface area (Å²) in [5.74, 6) is -0.357. The Balaban J connectivity index is 1.92. The van der Waals surface area contributed by atoms with Crippen molar-refractivity contribution in [2.75, 3.05) is 0 Å². The predicted octanol–water partition coefficient (Wildman–Crippen LogP) is 1.64. The number of fused-ring (bicyclic) bond motifs is 1. The van der Waals surface area contributed by atoms with Crippen LogP contribution in [0.4, 0.5) is 0 Å². The Labute approximate surface area is 123 Å². The smallest absolute Gasteiger partial charge is 0.326 e. The summed E-state index contributed by atoms with van der Waals surface area (Å²) in [6.45, 7) is 1.72. The molecular weight excluding hydrogens is 270 g/mol. The summed E-state index contributed by atoms with van der Waals surface area (Å²) >= 11 is 0. The van der Waals surface area contributed by atoms with E-state index in [2.05, 4.69) is 9.97 Å². The lowest BCUT2D eigenvalue weighted by molar-refractivity contribution is -0.141. The normalized spacial score (nSPS) is 28.2. The third kappa shape index (κ3) is 2.50. The van der Waals surface area contributed by atoms with Gasteiger partial charge in [0, 0.05) is 12.2 Å². The van der Waals surface area contributed by atoms with Crippen molar-refractivity contribution in [2.24, 2.45) is 5.92 Å². The molecular formula is C15H19N3O3. The minimum Gasteiger partial charge on any atom is -0.480 e. The number of hydrogen-bond donors (Lipinski definition) is 1. The molecule has 2 aliphatic rings. The van der Waals surface area contributed by atoms with E-state index in [0.717, 1.165) is 25.7 Å². The van der Waals surface area contributed by atoms with E-state index in [1.165, 1.54) is 0 Å². The fourth-order valence-electron chi connectivity index (χ4n) is 3.68. The highest BCUT2D eigenvalue weighted by atomic mass is 16.4. The van der Waals surface area contributed by atoms with Crippen molar-refractivity contribution in [3.8, 4) is 0 Å². The van der Waals surface area contributed by atoms with Gasteiger partial charge in [-0.15, -0.1) is 0 Å². The van der Waals surface area contributed by atoms with E-state index < -0.39 is 12.0 Å². The molecule has 21 heavy (non-hydrogen) atoms. The number of carboxylic acid groups (broad SMARTS) is 1. The van der Waals surface area contributed by atoms with Crippen LogP contribution in [0, 0.1) is 12.8 Å². The van der Waals surface area contributed by atoms with Crippen LogP contribution in [0.5, 0.6) is 0 Å². The average Bonchev–Trinajstić information content (AvgIpc) is 2.86. The number of likely N-dealkylation sites (tertiary alicyclic amines) is 1. The zero-order chi connectivity index (χ0) is 15.0. The number of aliphatic carboxylic acids is 1. The first-order valence-corrected chi connectivity index (χ1v) is 7.43. The van der Waals surface area contributed by atoms with E-state index >= 15 is 0 Å². The van der Waals surface area contributed by atoms with Crippen LogP contribution in [0.25, 0.3) is 0 Å². The van der Waals surface area contributed by atoms with Crippen molar-refractivity contribution in [1.82, 2.24) is 14.9 Å². The van der Waals surface area contributed by atoms with Crippen LogP contribution in [0.3, 0.4) is 0 Å². The Morgan fingerprint density at radius 3 is 2.81 bits per heavy atom. The van der Waals surface area contributed by atoms with E-state index in [-0.39, 0.29) is 11.9 Å². The van der Waals surface area contributed by atoms with Crippen LogP contribution in [-0.4, -0.2) is 43.9 Å². The minimum absolute atomic E-state index is 0.0441. The quantitative estimate of drug-likeness (QED) is 0.895. The van der Waals surface area contributed by atoms with E-state index in [9.17, 15) is 14.7 Å². The lowest BCUT2D eigenvalue weighted by Crippen LogP contribution is -2.46. The predicted molar refractivity (Wildman–Crippen MR) is 74.7 cm³/mol. The van der Waals surface area contributed by atoms with E-state index in [0.29, 0.717) is 23.9 Å². The monoisotopic (exact) mass is 289 g/mol. The van der Waals surface area contributed by atoms with Crippen LogP contribution in [0.15, 0.2) is 12.3 Å². The second-order valence-electron chi connectivity index (χ2n) is 5.90. The van der Waals surface area contributed by atoms with Crippen LogP contribution < -0.4 is 0 Å². The third-order valence-electron chi connectivity index (χ3n) is 4.60. The number of aryl methyl sites for hydroxylation is 1. The number of carboxylic acids is 1. The van der Waals surface area contributed by atoms with Gasteiger partial charge in [0.05, 0.1) is 0 Å². The van der Waals surface area contributed by atoms with Crippen molar-refractivity contribution >= 4 is 11.9 Å². The van der Waals surface area contributed by atoms with E-state index in [4.69, 9.17) is 0 Å². The molecule has 0 bridgehead atoms. The maximum Gasteiger partial charge on any atom is 0.326 e. The van der Waals surface area contributed by atoms with Gasteiger partial charge in [-0.25, -0.2) is 14.8 Å². The fourth-order valence-corrected chi connectivity index (χ4v) is 3.68. The highest BCUT2D eigenvalue weighted by molar-refractivity contribution is 5.95. The van der Waals surface area contributed by atoms with Gasteiger partial charge in [0.15, 0.2) is 0 Å². The number of carbonyl (C=O) groups excluding carboxylic acids is 1. The largest absolute Gasteiger partial charge is 0.480 e. The van der Waals surface area contributed by atoms with Gasteiger partial charge in [-0.3, -0.25) is 4.79 Å². The second kappa shape index (κ2) is 5.42. The molecule has 3 rings (SSSR count). The van der Waals surface area contributed by atoms with Gasteiger partial charge < -0.3 is 10.0 Å². The molecule has 0 aromatic carbocycles. The van der Waals surface area contributed by atoms with Crippen LogP contribution in [-0.2, 0) is 4.79 Å². The Morgan fingerprint density at radius 2 is 2.10 bits per heavy atom. The molecule has 0 radical (unpaired) electrons. The zero-order valence-corrected chi connectivity index (χ0v) is 12.0. The molecule has 1 saturated heterocycles. The molecule has 2 fully saturated rings. The summed E-state index contributed by atoms with van der Waals surface area (Å²) in [5.41, 5.74) is 0.292. The maximum atomic E-state index is 12.7. The van der Waals surface area contributed by atoms with Crippen molar-refractivity contribution in [1.29, 1.82) is 0 Å². The molecule has 1 aromatic heterocycles. The van der Waals surface area contributed by atoms with Gasteiger partial charge in [-0.05, 0) is 38.2 Å². The van der Waals surface area contributed by atoms with Gasteiger partial charge in [0.25, 0.3) is 5.91 Å². The average molecular weight is 289 g/mol. The Hall–Kier alpha value is -1.98. The van der Waals surface area contributed by atoms with Crippen LogP contribution in [0.1, 0.15) is 48.4 Å². The Morgan fingerprint density at radius 1 is 1.33 bits per heavy atom. The number of carbonyl (C=O) groups is 2. The van der Waals surface area contributed by atoms with Crippen molar-refractivity contribution in [2.45, 2.75) is 51.1 Å². The van der Waals surface area contributed by atoms with Gasteiger partial charge in [-0.1, -0.05) is 12.8 Å². The number of amides is 1. The highest BCUT2D eigenvalue weighted by Gasteiger charge is 2.47. The van der Waals surface area contributed by atoms with Crippen molar-refractivity contribution in [3.63, 3.8) is 0 Å². The molecule has 0 spiro atoms. The molecule has 2 heterocycles. The number of rotatable bonds is 2. The first kappa shape index (κ1) is 14.0. The van der Waals surface area contributed by atoms with Crippen molar-refractivity contribution < 1.29 is 14.7 Å².